The Kier molecular flexibility index (Phi) is 9.60. The van der Waals surface area contributed by atoms with Crippen LogP contribution in [0.4, 0.5) is 51.8 Å². The number of carbonyl (C=O) groups is 2. The number of amides is 3. The number of hydrogen-bond donors (Lipinski definition) is 2. The second kappa shape index (κ2) is 12.2. The zero-order chi connectivity index (χ0) is 30.9. The fourth-order valence-electron chi connectivity index (χ4n) is 4.07. The van der Waals surface area contributed by atoms with Crippen LogP contribution in [0.25, 0.3) is 0 Å². The standard InChI is InChI=1S/C24H25ClF7N5O4/c1-12(2)37(18-5-4-16(26)20(25)34-18)22(40)41-19-15(24(30,31)32)8-13(23(27,28)29)9-17(19)36-7-6-35(21(36)39)11-14(38)10-33-3/h4-5,8-9,12,14,33,38H,6-7,10-11H2,1-3H3. The maximum atomic E-state index is 14.1. The molecule has 9 nitrogen and oxygen atoms in total. The normalized spacial score (nSPS) is 15.1. The van der Waals surface area contributed by atoms with Gasteiger partial charge in [0.2, 0.25) is 0 Å². The summed E-state index contributed by atoms with van der Waals surface area (Å²) in [7, 11) is 1.53. The number of anilines is 2. The first-order chi connectivity index (χ1) is 18.9. The summed E-state index contributed by atoms with van der Waals surface area (Å²) >= 11 is 5.68. The van der Waals surface area contributed by atoms with Crippen molar-refractivity contribution in [1.29, 1.82) is 0 Å². The lowest BCUT2D eigenvalue weighted by atomic mass is 10.1. The molecule has 0 aliphatic carbocycles. The first-order valence-corrected chi connectivity index (χ1v) is 12.4. The number of ether oxygens (including phenoxy) is 1. The van der Waals surface area contributed by atoms with Crippen molar-refractivity contribution in [3.8, 4) is 5.75 Å². The molecule has 0 saturated carbocycles. The number of carbonyl (C=O) groups excluding carboxylic acids is 2. The molecule has 2 aromatic rings. The van der Waals surface area contributed by atoms with Crippen molar-refractivity contribution in [3.05, 3.63) is 46.4 Å². The van der Waals surface area contributed by atoms with Crippen LogP contribution in [0, 0.1) is 5.82 Å². The van der Waals surface area contributed by atoms with E-state index in [0.29, 0.717) is 9.80 Å². The van der Waals surface area contributed by atoms with Gasteiger partial charge in [0.15, 0.2) is 16.7 Å². The van der Waals surface area contributed by atoms with E-state index in [2.05, 4.69) is 10.3 Å². The van der Waals surface area contributed by atoms with Crippen molar-refractivity contribution in [2.24, 2.45) is 0 Å². The molecule has 41 heavy (non-hydrogen) atoms. The smallest absolute Gasteiger partial charge is 0.407 e. The fraction of sp³-hybridized carbons (Fsp3) is 0.458. The van der Waals surface area contributed by atoms with Gasteiger partial charge in [-0.2, -0.15) is 26.3 Å². The number of nitrogens with one attached hydrogen (secondary N) is 1. The molecule has 2 heterocycles. The van der Waals surface area contributed by atoms with Crippen LogP contribution >= 0.6 is 11.6 Å². The van der Waals surface area contributed by atoms with Gasteiger partial charge in [-0.25, -0.2) is 19.0 Å². The number of pyridine rings is 1. The van der Waals surface area contributed by atoms with Gasteiger partial charge in [0.1, 0.15) is 11.4 Å². The number of hydrogen-bond acceptors (Lipinski definition) is 6. The zero-order valence-corrected chi connectivity index (χ0v) is 22.5. The van der Waals surface area contributed by atoms with E-state index in [1.165, 1.54) is 20.9 Å². The minimum Gasteiger partial charge on any atom is -0.407 e. The van der Waals surface area contributed by atoms with Crippen molar-refractivity contribution in [3.63, 3.8) is 0 Å². The number of aromatic nitrogens is 1. The molecule has 1 aliphatic rings. The summed E-state index contributed by atoms with van der Waals surface area (Å²) in [5.41, 5.74) is -4.68. The van der Waals surface area contributed by atoms with Crippen molar-refractivity contribution in [1.82, 2.24) is 15.2 Å². The van der Waals surface area contributed by atoms with Crippen LogP contribution in [0.15, 0.2) is 24.3 Å². The lowest BCUT2D eigenvalue weighted by Crippen LogP contribution is -2.41. The van der Waals surface area contributed by atoms with Crippen LogP contribution in [0.5, 0.6) is 5.75 Å². The Balaban J connectivity index is 2.15. The second-order valence-electron chi connectivity index (χ2n) is 9.23. The SMILES string of the molecule is CNCC(O)CN1CCN(c2cc(C(F)(F)F)cc(C(F)(F)F)c2OC(=O)N(c2ccc(F)c(Cl)n2)C(C)C)C1=O. The van der Waals surface area contributed by atoms with E-state index in [9.17, 15) is 45.4 Å². The third kappa shape index (κ3) is 7.29. The molecule has 1 fully saturated rings. The van der Waals surface area contributed by atoms with Crippen molar-refractivity contribution < 1.29 is 50.2 Å². The number of likely N-dealkylation sites (N-methyl/N-ethyl adjacent to an activating group) is 1. The Morgan fingerprint density at radius 1 is 1.17 bits per heavy atom. The van der Waals surface area contributed by atoms with Gasteiger partial charge in [0.25, 0.3) is 0 Å². The van der Waals surface area contributed by atoms with Crippen LogP contribution in [0.2, 0.25) is 5.15 Å². The Hall–Kier alpha value is -3.37. The summed E-state index contributed by atoms with van der Waals surface area (Å²) in [6.45, 7) is 2.08. The predicted molar refractivity (Wildman–Crippen MR) is 134 cm³/mol. The number of aliphatic hydroxyl groups is 1. The number of β-amino-alcohol motifs (C(OH)–C–C–N with tert-alkyl or cyclic N) is 1. The molecular formula is C24H25ClF7N5O4. The van der Waals surface area contributed by atoms with E-state index in [4.69, 9.17) is 16.3 Å². The molecule has 1 aromatic heterocycles. The Bertz CT molecular complexity index is 1290. The predicted octanol–water partition coefficient (Wildman–Crippen LogP) is 5.15. The summed E-state index contributed by atoms with van der Waals surface area (Å²) in [4.78, 5) is 32.3. The molecule has 0 radical (unpaired) electrons. The van der Waals surface area contributed by atoms with E-state index in [0.717, 1.165) is 17.0 Å². The lowest BCUT2D eigenvalue weighted by Gasteiger charge is -2.28. The van der Waals surface area contributed by atoms with Crippen molar-refractivity contribution >= 4 is 35.2 Å². The second-order valence-corrected chi connectivity index (χ2v) is 9.59. The fourth-order valence-corrected chi connectivity index (χ4v) is 4.22. The number of benzene rings is 1. The highest BCUT2D eigenvalue weighted by Gasteiger charge is 2.44. The number of alkyl halides is 6. The van der Waals surface area contributed by atoms with Crippen LogP contribution in [-0.4, -0.2) is 72.5 Å². The summed E-state index contributed by atoms with van der Waals surface area (Å²) in [5, 5.41) is 12.0. The van der Waals surface area contributed by atoms with E-state index in [1.54, 1.807) is 0 Å². The molecule has 2 N–H and O–H groups in total. The van der Waals surface area contributed by atoms with Crippen LogP contribution in [0.1, 0.15) is 25.0 Å². The highest BCUT2D eigenvalue weighted by atomic mass is 35.5. The third-order valence-electron chi connectivity index (χ3n) is 5.90. The first-order valence-electron chi connectivity index (χ1n) is 12.0. The molecular weight excluding hydrogens is 591 g/mol. The van der Waals surface area contributed by atoms with Gasteiger partial charge < -0.3 is 20.1 Å². The molecule has 1 saturated heterocycles. The highest BCUT2D eigenvalue weighted by molar-refractivity contribution is 6.29. The molecule has 1 unspecified atom stereocenters. The van der Waals surface area contributed by atoms with Crippen LogP contribution in [-0.2, 0) is 12.4 Å². The number of aliphatic hydroxyl groups excluding tert-OH is 1. The van der Waals surface area contributed by atoms with Crippen LogP contribution < -0.4 is 19.9 Å². The largest absolute Gasteiger partial charge is 0.421 e. The molecule has 3 amide bonds. The topological polar surface area (TPSA) is 98.2 Å². The van der Waals surface area contributed by atoms with Gasteiger partial charge >= 0.3 is 24.5 Å². The van der Waals surface area contributed by atoms with Gasteiger partial charge in [-0.1, -0.05) is 11.6 Å². The molecule has 3 rings (SSSR count). The number of rotatable bonds is 8. The monoisotopic (exact) mass is 615 g/mol. The summed E-state index contributed by atoms with van der Waals surface area (Å²) in [5.74, 6) is -2.63. The first kappa shape index (κ1) is 32.1. The average Bonchev–Trinajstić information content (AvgIpc) is 3.19. The highest BCUT2D eigenvalue weighted by Crippen LogP contribution is 2.47. The summed E-state index contributed by atoms with van der Waals surface area (Å²) in [6, 6.07) is 0.0139. The maximum Gasteiger partial charge on any atom is 0.421 e. The van der Waals surface area contributed by atoms with E-state index in [-0.39, 0.29) is 44.1 Å². The zero-order valence-electron chi connectivity index (χ0n) is 21.8. The van der Waals surface area contributed by atoms with Gasteiger partial charge in [0.05, 0.1) is 17.4 Å². The summed E-state index contributed by atoms with van der Waals surface area (Å²) in [6.07, 6.45) is -13.3. The van der Waals surface area contributed by atoms with Crippen LogP contribution in [0.3, 0.4) is 0 Å². The Labute approximate surface area is 234 Å². The maximum absolute atomic E-state index is 14.1. The van der Waals surface area contributed by atoms with Gasteiger partial charge in [-0.15, -0.1) is 0 Å². The van der Waals surface area contributed by atoms with Crippen molar-refractivity contribution in [2.45, 2.75) is 38.3 Å². The van der Waals surface area contributed by atoms with E-state index < -0.39 is 70.2 Å². The number of halogens is 8. The minimum absolute atomic E-state index is 0.0564. The van der Waals surface area contributed by atoms with Gasteiger partial charge in [-0.3, -0.25) is 9.80 Å². The van der Waals surface area contributed by atoms with Crippen molar-refractivity contribution in [2.75, 3.05) is 43.0 Å². The minimum atomic E-state index is -5.46. The molecule has 0 bridgehead atoms. The lowest BCUT2D eigenvalue weighted by molar-refractivity contribution is -0.143. The Morgan fingerprint density at radius 3 is 2.37 bits per heavy atom. The number of nitrogens with zero attached hydrogens (tertiary/aromatic N) is 4. The quantitative estimate of drug-likeness (QED) is 0.315. The number of urea groups is 1. The van der Waals surface area contributed by atoms with E-state index in [1.807, 2.05) is 0 Å². The molecule has 1 atom stereocenters. The van der Waals surface area contributed by atoms with E-state index >= 15 is 0 Å². The average molecular weight is 616 g/mol. The molecule has 17 heteroatoms. The van der Waals surface area contributed by atoms with Gasteiger partial charge in [-0.05, 0) is 45.2 Å². The molecule has 0 spiro atoms. The summed E-state index contributed by atoms with van der Waals surface area (Å²) < 4.78 is 102. The molecule has 226 valence electrons. The van der Waals surface area contributed by atoms with Gasteiger partial charge in [0, 0.05) is 32.2 Å². The third-order valence-corrected chi connectivity index (χ3v) is 6.16. The molecule has 1 aliphatic heterocycles. The molecule has 1 aromatic carbocycles. The Morgan fingerprint density at radius 2 is 1.83 bits per heavy atom.